The van der Waals surface area contributed by atoms with Gasteiger partial charge in [0.1, 0.15) is 0 Å². The third-order valence-corrected chi connectivity index (χ3v) is 3.58. The fraction of sp³-hybridized carbons (Fsp3) is 0.333. The topological polar surface area (TPSA) is 72.2 Å². The van der Waals surface area contributed by atoms with Crippen molar-refractivity contribution in [2.45, 2.75) is 18.9 Å². The van der Waals surface area contributed by atoms with E-state index < -0.39 is 0 Å². The normalized spacial score (nSPS) is 23.3. The van der Waals surface area contributed by atoms with Crippen LogP contribution in [0.15, 0.2) is 29.0 Å². The molecule has 1 heterocycles. The Morgan fingerprint density at radius 2 is 2.12 bits per heavy atom. The molecule has 0 radical (unpaired) electrons. The molecule has 1 aromatic rings. The van der Waals surface area contributed by atoms with Crippen molar-refractivity contribution in [2.24, 2.45) is 11.7 Å². The lowest BCUT2D eigenvalue weighted by Gasteiger charge is -2.26. The first-order chi connectivity index (χ1) is 8.18. The summed E-state index contributed by atoms with van der Waals surface area (Å²) in [6, 6.07) is 1.57. The van der Waals surface area contributed by atoms with Gasteiger partial charge in [-0.2, -0.15) is 11.3 Å². The predicted octanol–water partition coefficient (Wildman–Crippen LogP) is 1.30. The molecule has 17 heavy (non-hydrogen) atoms. The SMILES string of the molecule is NC(=O)[C@@H]1CC=CC[C@H]1NC(=O)c1ccsc1. The van der Waals surface area contributed by atoms with E-state index in [0.717, 1.165) is 0 Å². The van der Waals surface area contributed by atoms with Crippen LogP contribution in [0.4, 0.5) is 0 Å². The number of nitrogens with two attached hydrogens (primary N) is 1. The van der Waals surface area contributed by atoms with Crippen molar-refractivity contribution in [3.05, 3.63) is 34.5 Å². The molecule has 90 valence electrons. The van der Waals surface area contributed by atoms with Crippen molar-refractivity contribution < 1.29 is 9.59 Å². The zero-order chi connectivity index (χ0) is 12.3. The molecule has 2 rings (SSSR count). The summed E-state index contributed by atoms with van der Waals surface area (Å²) in [5.41, 5.74) is 5.96. The van der Waals surface area contributed by atoms with E-state index >= 15 is 0 Å². The molecule has 3 N–H and O–H groups in total. The fourth-order valence-electron chi connectivity index (χ4n) is 1.93. The summed E-state index contributed by atoms with van der Waals surface area (Å²) in [5, 5.41) is 6.50. The number of carbonyl (C=O) groups excluding carboxylic acids is 2. The first kappa shape index (κ1) is 11.9. The van der Waals surface area contributed by atoms with Gasteiger partial charge >= 0.3 is 0 Å². The highest BCUT2D eigenvalue weighted by Gasteiger charge is 2.28. The highest BCUT2D eigenvalue weighted by molar-refractivity contribution is 7.08. The van der Waals surface area contributed by atoms with E-state index in [1.165, 1.54) is 11.3 Å². The Hall–Kier alpha value is -1.62. The van der Waals surface area contributed by atoms with E-state index in [2.05, 4.69) is 5.32 Å². The van der Waals surface area contributed by atoms with Crippen LogP contribution in [0.3, 0.4) is 0 Å². The zero-order valence-corrected chi connectivity index (χ0v) is 10.1. The summed E-state index contributed by atoms with van der Waals surface area (Å²) in [4.78, 5) is 23.1. The summed E-state index contributed by atoms with van der Waals surface area (Å²) in [7, 11) is 0. The van der Waals surface area contributed by atoms with Crippen molar-refractivity contribution in [2.75, 3.05) is 0 Å². The molecule has 0 bridgehead atoms. The molecule has 0 aliphatic heterocycles. The minimum absolute atomic E-state index is 0.141. The van der Waals surface area contributed by atoms with Crippen LogP contribution >= 0.6 is 11.3 Å². The third kappa shape index (κ3) is 2.74. The lowest BCUT2D eigenvalue weighted by molar-refractivity contribution is -0.122. The van der Waals surface area contributed by atoms with Crippen molar-refractivity contribution >= 4 is 23.2 Å². The van der Waals surface area contributed by atoms with Gasteiger partial charge in [-0.15, -0.1) is 0 Å². The minimum atomic E-state index is -0.357. The maximum absolute atomic E-state index is 11.9. The number of hydrogen-bond acceptors (Lipinski definition) is 3. The molecule has 2 atom stereocenters. The maximum atomic E-state index is 11.9. The predicted molar refractivity (Wildman–Crippen MR) is 66.6 cm³/mol. The van der Waals surface area contributed by atoms with Gasteiger partial charge in [-0.1, -0.05) is 12.2 Å². The van der Waals surface area contributed by atoms with E-state index in [9.17, 15) is 9.59 Å². The van der Waals surface area contributed by atoms with Gasteiger partial charge in [-0.3, -0.25) is 9.59 Å². The molecule has 0 saturated heterocycles. The van der Waals surface area contributed by atoms with Gasteiger partial charge in [0.05, 0.1) is 5.92 Å². The van der Waals surface area contributed by atoms with Gasteiger partial charge < -0.3 is 11.1 Å². The second kappa shape index (κ2) is 5.14. The highest BCUT2D eigenvalue weighted by Crippen LogP contribution is 2.19. The monoisotopic (exact) mass is 250 g/mol. The van der Waals surface area contributed by atoms with Crippen LogP contribution < -0.4 is 11.1 Å². The van der Waals surface area contributed by atoms with Crippen LogP contribution in [0.1, 0.15) is 23.2 Å². The Balaban J connectivity index is 2.04. The van der Waals surface area contributed by atoms with Crippen molar-refractivity contribution in [3.8, 4) is 0 Å². The second-order valence-electron chi connectivity index (χ2n) is 4.04. The Bertz CT molecular complexity index is 439. The van der Waals surface area contributed by atoms with E-state index in [1.807, 2.05) is 17.5 Å². The summed E-state index contributed by atoms with van der Waals surface area (Å²) >= 11 is 1.47. The Kier molecular flexibility index (Phi) is 3.58. The molecule has 0 spiro atoms. The Morgan fingerprint density at radius 3 is 2.76 bits per heavy atom. The van der Waals surface area contributed by atoms with Crippen LogP contribution in [-0.2, 0) is 4.79 Å². The number of nitrogens with one attached hydrogen (secondary N) is 1. The molecular weight excluding hydrogens is 236 g/mol. The number of primary amides is 1. The standard InChI is InChI=1S/C12H14N2O2S/c13-11(15)9-3-1-2-4-10(9)14-12(16)8-5-6-17-7-8/h1-2,5-7,9-10H,3-4H2,(H2,13,15)(H,14,16)/t9-,10-/m1/s1. The van der Waals surface area contributed by atoms with E-state index in [4.69, 9.17) is 5.73 Å². The average molecular weight is 250 g/mol. The molecule has 5 heteroatoms. The average Bonchev–Trinajstić information content (AvgIpc) is 2.83. The van der Waals surface area contributed by atoms with Crippen LogP contribution in [0.2, 0.25) is 0 Å². The first-order valence-corrected chi connectivity index (χ1v) is 6.40. The van der Waals surface area contributed by atoms with Crippen LogP contribution in [-0.4, -0.2) is 17.9 Å². The molecule has 4 nitrogen and oxygen atoms in total. The molecule has 1 aliphatic rings. The molecule has 1 aromatic heterocycles. The van der Waals surface area contributed by atoms with Crippen molar-refractivity contribution in [1.29, 1.82) is 0 Å². The summed E-state index contributed by atoms with van der Waals surface area (Å²) in [6.45, 7) is 0. The van der Waals surface area contributed by atoms with Gasteiger partial charge in [0.15, 0.2) is 0 Å². The van der Waals surface area contributed by atoms with Crippen molar-refractivity contribution in [1.82, 2.24) is 5.32 Å². The summed E-state index contributed by atoms with van der Waals surface area (Å²) < 4.78 is 0. The first-order valence-electron chi connectivity index (χ1n) is 5.46. The molecule has 2 amide bonds. The number of allylic oxidation sites excluding steroid dienone is 1. The van der Waals surface area contributed by atoms with Gasteiger partial charge in [0, 0.05) is 17.0 Å². The van der Waals surface area contributed by atoms with Crippen LogP contribution in [0.25, 0.3) is 0 Å². The number of hydrogen-bond donors (Lipinski definition) is 2. The third-order valence-electron chi connectivity index (χ3n) is 2.90. The summed E-state index contributed by atoms with van der Waals surface area (Å²) in [6.07, 6.45) is 5.16. The maximum Gasteiger partial charge on any atom is 0.252 e. The van der Waals surface area contributed by atoms with Gasteiger partial charge in [0.2, 0.25) is 5.91 Å². The number of thiophene rings is 1. The van der Waals surface area contributed by atoms with E-state index in [1.54, 1.807) is 11.4 Å². The molecule has 0 saturated carbocycles. The van der Waals surface area contributed by atoms with Gasteiger partial charge in [0.25, 0.3) is 5.91 Å². The number of carbonyl (C=O) groups is 2. The number of amides is 2. The molecule has 0 unspecified atom stereocenters. The lowest BCUT2D eigenvalue weighted by atomic mass is 9.88. The Labute approximate surface area is 104 Å². The molecule has 0 fully saturated rings. The second-order valence-corrected chi connectivity index (χ2v) is 4.82. The lowest BCUT2D eigenvalue weighted by Crippen LogP contribution is -2.46. The molecule has 1 aliphatic carbocycles. The van der Waals surface area contributed by atoms with Gasteiger partial charge in [-0.25, -0.2) is 0 Å². The molecule has 0 aromatic carbocycles. The Morgan fingerprint density at radius 1 is 1.35 bits per heavy atom. The highest BCUT2D eigenvalue weighted by atomic mass is 32.1. The van der Waals surface area contributed by atoms with Gasteiger partial charge in [-0.05, 0) is 24.3 Å². The van der Waals surface area contributed by atoms with Crippen molar-refractivity contribution in [3.63, 3.8) is 0 Å². The minimum Gasteiger partial charge on any atom is -0.369 e. The van der Waals surface area contributed by atoms with Crippen LogP contribution in [0.5, 0.6) is 0 Å². The quantitative estimate of drug-likeness (QED) is 0.794. The fourth-order valence-corrected chi connectivity index (χ4v) is 2.57. The zero-order valence-electron chi connectivity index (χ0n) is 9.26. The smallest absolute Gasteiger partial charge is 0.252 e. The van der Waals surface area contributed by atoms with E-state index in [0.29, 0.717) is 18.4 Å². The van der Waals surface area contributed by atoms with E-state index in [-0.39, 0.29) is 23.8 Å². The summed E-state index contributed by atoms with van der Waals surface area (Å²) in [5.74, 6) is -0.801. The largest absolute Gasteiger partial charge is 0.369 e. The number of rotatable bonds is 3. The van der Waals surface area contributed by atoms with Crippen LogP contribution in [0, 0.1) is 5.92 Å². The molecular formula is C12H14N2O2S.